The maximum atomic E-state index is 13.5. The zero-order chi connectivity index (χ0) is 21.9. The van der Waals surface area contributed by atoms with Crippen LogP contribution in [0.15, 0.2) is 55.0 Å². The van der Waals surface area contributed by atoms with Crippen LogP contribution in [-0.2, 0) is 0 Å². The zero-order valence-corrected chi connectivity index (χ0v) is 15.4. The Kier molecular flexibility index (Phi) is 5.72. The molecule has 0 aliphatic heterocycles. The number of alkyl halides is 3. The molecule has 0 saturated carbocycles. The van der Waals surface area contributed by atoms with Crippen LogP contribution in [0.2, 0.25) is 0 Å². The second-order valence-electron chi connectivity index (χ2n) is 6.07. The number of ether oxygens (including phenoxy) is 1. The number of carbonyl (C=O) groups is 1. The summed E-state index contributed by atoms with van der Waals surface area (Å²) >= 11 is 0. The average Bonchev–Trinajstić information content (AvgIpc) is 2.67. The first-order valence-electron chi connectivity index (χ1n) is 8.39. The highest BCUT2D eigenvalue weighted by Gasteiger charge is 2.31. The van der Waals surface area contributed by atoms with Crippen molar-refractivity contribution in [2.75, 3.05) is 17.3 Å². The normalized spacial score (nSPS) is 11.1. The molecule has 3 rings (SSSR count). The smallest absolute Gasteiger partial charge is 0.406 e. The van der Waals surface area contributed by atoms with Gasteiger partial charge in [-0.1, -0.05) is 0 Å². The molecular formula is C19H15F4N5O2. The standard InChI is InChI=1S/C19H15F4N5O2/c1-28(13-6-11(20)8-25-9-13)16-7-17(26-10-15(16)18(24)29)27-12-2-4-14(5-3-12)30-19(21,22)23/h2-10H,1H3,(H2,24,29)(H,26,27). The van der Waals surface area contributed by atoms with Gasteiger partial charge in [-0.15, -0.1) is 13.2 Å². The lowest BCUT2D eigenvalue weighted by atomic mass is 10.2. The highest BCUT2D eigenvalue weighted by molar-refractivity contribution is 5.99. The second-order valence-corrected chi connectivity index (χ2v) is 6.07. The molecule has 0 unspecified atom stereocenters. The summed E-state index contributed by atoms with van der Waals surface area (Å²) in [4.78, 5) is 21.2. The van der Waals surface area contributed by atoms with E-state index in [4.69, 9.17) is 5.73 Å². The van der Waals surface area contributed by atoms with Crippen molar-refractivity contribution in [2.24, 2.45) is 5.73 Å². The molecule has 2 heterocycles. The maximum Gasteiger partial charge on any atom is 0.573 e. The zero-order valence-electron chi connectivity index (χ0n) is 15.4. The predicted molar refractivity (Wildman–Crippen MR) is 101 cm³/mol. The van der Waals surface area contributed by atoms with Gasteiger partial charge in [0.25, 0.3) is 5.91 Å². The average molecular weight is 421 g/mol. The van der Waals surface area contributed by atoms with E-state index in [9.17, 15) is 22.4 Å². The van der Waals surface area contributed by atoms with Gasteiger partial charge in [0.1, 0.15) is 17.4 Å². The molecular weight excluding hydrogens is 406 g/mol. The summed E-state index contributed by atoms with van der Waals surface area (Å²) in [5.41, 5.74) is 6.60. The molecule has 3 aromatic rings. The van der Waals surface area contributed by atoms with E-state index in [0.717, 1.165) is 18.3 Å². The fraction of sp³-hybridized carbons (Fsp3) is 0.105. The number of hydrogen-bond acceptors (Lipinski definition) is 6. The molecule has 30 heavy (non-hydrogen) atoms. The van der Waals surface area contributed by atoms with Crippen molar-refractivity contribution >= 4 is 28.8 Å². The third kappa shape index (κ3) is 5.13. The number of anilines is 4. The van der Waals surface area contributed by atoms with E-state index in [1.165, 1.54) is 41.6 Å². The molecule has 0 bridgehead atoms. The molecule has 11 heteroatoms. The minimum Gasteiger partial charge on any atom is -0.406 e. The molecule has 0 radical (unpaired) electrons. The minimum absolute atomic E-state index is 0.0845. The van der Waals surface area contributed by atoms with Crippen molar-refractivity contribution in [3.8, 4) is 5.75 Å². The van der Waals surface area contributed by atoms with Gasteiger partial charge in [0.2, 0.25) is 0 Å². The van der Waals surface area contributed by atoms with E-state index in [0.29, 0.717) is 17.1 Å². The van der Waals surface area contributed by atoms with E-state index >= 15 is 0 Å². The van der Waals surface area contributed by atoms with E-state index in [2.05, 4.69) is 20.0 Å². The summed E-state index contributed by atoms with van der Waals surface area (Å²) in [7, 11) is 1.59. The molecule has 7 nitrogen and oxygen atoms in total. The Bertz CT molecular complexity index is 1060. The van der Waals surface area contributed by atoms with Crippen molar-refractivity contribution < 1.29 is 27.1 Å². The van der Waals surface area contributed by atoms with Crippen LogP contribution in [0.4, 0.5) is 40.4 Å². The molecule has 2 aromatic heterocycles. The molecule has 1 aromatic carbocycles. The lowest BCUT2D eigenvalue weighted by Crippen LogP contribution is -2.19. The fourth-order valence-electron chi connectivity index (χ4n) is 2.59. The third-order valence-corrected chi connectivity index (χ3v) is 3.95. The van der Waals surface area contributed by atoms with Gasteiger partial charge in [0, 0.05) is 31.1 Å². The number of hydrogen-bond donors (Lipinski definition) is 2. The largest absolute Gasteiger partial charge is 0.573 e. The number of pyridine rings is 2. The van der Waals surface area contributed by atoms with Crippen molar-refractivity contribution in [1.82, 2.24) is 9.97 Å². The highest BCUT2D eigenvalue weighted by atomic mass is 19.4. The number of rotatable bonds is 6. The maximum absolute atomic E-state index is 13.5. The predicted octanol–water partition coefficient (Wildman–Crippen LogP) is 4.12. The van der Waals surface area contributed by atoms with Gasteiger partial charge in [0.05, 0.1) is 29.3 Å². The SMILES string of the molecule is CN(c1cncc(F)c1)c1cc(Nc2ccc(OC(F)(F)F)cc2)ncc1C(N)=O. The topological polar surface area (TPSA) is 93.4 Å². The van der Waals surface area contributed by atoms with Crippen LogP contribution in [0.1, 0.15) is 10.4 Å². The quantitative estimate of drug-likeness (QED) is 0.582. The summed E-state index contributed by atoms with van der Waals surface area (Å²) in [5.74, 6) is -1.40. The Hall–Kier alpha value is -3.89. The second kappa shape index (κ2) is 8.23. The van der Waals surface area contributed by atoms with Gasteiger partial charge in [0.15, 0.2) is 0 Å². The summed E-state index contributed by atoms with van der Waals surface area (Å²) in [6.07, 6.45) is -1.10. The van der Waals surface area contributed by atoms with E-state index in [1.807, 2.05) is 0 Å². The van der Waals surface area contributed by atoms with Gasteiger partial charge in [-0.05, 0) is 24.3 Å². The van der Waals surface area contributed by atoms with Crippen LogP contribution in [0.25, 0.3) is 0 Å². The van der Waals surface area contributed by atoms with Crippen molar-refractivity contribution in [3.05, 3.63) is 66.4 Å². The summed E-state index contributed by atoms with van der Waals surface area (Å²) in [6, 6.07) is 7.73. The molecule has 0 spiro atoms. The number of primary amides is 1. The Morgan fingerprint density at radius 1 is 1.13 bits per heavy atom. The number of benzene rings is 1. The number of nitrogens with zero attached hydrogens (tertiary/aromatic N) is 3. The Balaban J connectivity index is 1.88. The summed E-state index contributed by atoms with van der Waals surface area (Å²) in [5, 5.41) is 2.90. The number of nitrogens with one attached hydrogen (secondary N) is 1. The van der Waals surface area contributed by atoms with Crippen LogP contribution < -0.4 is 20.7 Å². The molecule has 0 aliphatic rings. The molecule has 0 saturated heterocycles. The number of aromatic nitrogens is 2. The van der Waals surface area contributed by atoms with E-state index in [-0.39, 0.29) is 17.1 Å². The van der Waals surface area contributed by atoms with Crippen LogP contribution in [-0.4, -0.2) is 29.3 Å². The van der Waals surface area contributed by atoms with Crippen molar-refractivity contribution in [1.29, 1.82) is 0 Å². The Morgan fingerprint density at radius 2 is 1.83 bits per heavy atom. The van der Waals surface area contributed by atoms with Crippen LogP contribution in [0.5, 0.6) is 5.75 Å². The Morgan fingerprint density at radius 3 is 2.43 bits per heavy atom. The number of amides is 1. The first-order valence-corrected chi connectivity index (χ1v) is 8.39. The fourth-order valence-corrected chi connectivity index (χ4v) is 2.59. The number of carbonyl (C=O) groups excluding carboxylic acids is 1. The van der Waals surface area contributed by atoms with E-state index in [1.54, 1.807) is 7.05 Å². The summed E-state index contributed by atoms with van der Waals surface area (Å²) in [6.45, 7) is 0. The molecule has 1 amide bonds. The first kappa shape index (κ1) is 20.8. The van der Waals surface area contributed by atoms with Gasteiger partial charge in [-0.25, -0.2) is 9.37 Å². The first-order chi connectivity index (χ1) is 14.1. The van der Waals surface area contributed by atoms with Gasteiger partial charge >= 0.3 is 6.36 Å². The third-order valence-electron chi connectivity index (χ3n) is 3.95. The van der Waals surface area contributed by atoms with Crippen LogP contribution in [0.3, 0.4) is 0 Å². The number of halogens is 4. The Labute approximate surface area is 168 Å². The molecule has 156 valence electrons. The van der Waals surface area contributed by atoms with Crippen molar-refractivity contribution in [3.63, 3.8) is 0 Å². The van der Waals surface area contributed by atoms with Gasteiger partial charge in [-0.3, -0.25) is 9.78 Å². The molecule has 0 fully saturated rings. The molecule has 3 N–H and O–H groups in total. The van der Waals surface area contributed by atoms with Crippen LogP contribution in [0, 0.1) is 5.82 Å². The van der Waals surface area contributed by atoms with Gasteiger partial charge < -0.3 is 20.7 Å². The van der Waals surface area contributed by atoms with Crippen LogP contribution >= 0.6 is 0 Å². The van der Waals surface area contributed by atoms with E-state index < -0.39 is 18.1 Å². The molecule has 0 aliphatic carbocycles. The molecule has 0 atom stereocenters. The van der Waals surface area contributed by atoms with Gasteiger partial charge in [-0.2, -0.15) is 0 Å². The number of nitrogens with two attached hydrogens (primary N) is 1. The highest BCUT2D eigenvalue weighted by Crippen LogP contribution is 2.30. The summed E-state index contributed by atoms with van der Waals surface area (Å²) < 4.78 is 54.1. The van der Waals surface area contributed by atoms with Crippen molar-refractivity contribution in [2.45, 2.75) is 6.36 Å². The minimum atomic E-state index is -4.79. The monoisotopic (exact) mass is 421 g/mol. The lowest BCUT2D eigenvalue weighted by Gasteiger charge is -2.22. The lowest BCUT2D eigenvalue weighted by molar-refractivity contribution is -0.274.